The first-order valence-electron chi connectivity index (χ1n) is 14.5. The molecule has 2 heterocycles. The smallest absolute Gasteiger partial charge is 0.248 e. The number of aromatic amines is 1. The van der Waals surface area contributed by atoms with Gasteiger partial charge in [-0.3, -0.25) is 14.4 Å². The van der Waals surface area contributed by atoms with E-state index in [4.69, 9.17) is 11.5 Å². The van der Waals surface area contributed by atoms with E-state index in [9.17, 15) is 19.6 Å². The first-order valence-corrected chi connectivity index (χ1v) is 14.5. The molecule has 0 spiro atoms. The van der Waals surface area contributed by atoms with E-state index in [1.54, 1.807) is 17.0 Å². The number of nitrogens with one attached hydrogen (secondary N) is 2. The SMILES string of the molecule is CC(C)(C)[C@@H](CC1(c2nnn[nH]2)c2ccc(C(N)=O)cc2CCc2cc(C(N)=O)ccc21)NCC(=O)N1CCCC1C#N. The van der Waals surface area contributed by atoms with Crippen LogP contribution in [0.3, 0.4) is 0 Å². The highest BCUT2D eigenvalue weighted by molar-refractivity contribution is 5.94. The zero-order valence-electron chi connectivity index (χ0n) is 24.7. The Kier molecular flexibility index (Phi) is 8.03. The molecule has 2 aliphatic rings. The highest BCUT2D eigenvalue weighted by Gasteiger charge is 2.47. The molecular weight excluding hydrogens is 546 g/mol. The Labute approximate surface area is 250 Å². The lowest BCUT2D eigenvalue weighted by atomic mass is 9.65. The molecule has 1 aromatic heterocycles. The van der Waals surface area contributed by atoms with Crippen molar-refractivity contribution in [1.82, 2.24) is 30.8 Å². The second-order valence-electron chi connectivity index (χ2n) is 12.5. The molecule has 12 heteroatoms. The summed E-state index contributed by atoms with van der Waals surface area (Å²) in [5, 5.41) is 28.4. The lowest BCUT2D eigenvalue weighted by Gasteiger charge is -2.42. The van der Waals surface area contributed by atoms with Crippen LogP contribution in [0.4, 0.5) is 0 Å². The van der Waals surface area contributed by atoms with Crippen LogP contribution in [0, 0.1) is 16.7 Å². The standard InChI is InChI=1S/C31H37N9O3/c1-30(2,3)25(35-17-26(41)40-12-4-5-22(40)16-32)15-31(29-36-38-39-37-29)23-10-8-20(27(33)42)13-18(23)6-7-19-14-21(28(34)43)9-11-24(19)31/h8-11,13-14,22,25,35H,4-7,12,15,17H2,1-3H3,(H2,33,42)(H2,34,43)(H,36,37,38,39)/t22?,25-/m1/s1. The van der Waals surface area contributed by atoms with Crippen molar-refractivity contribution in [2.75, 3.05) is 13.1 Å². The van der Waals surface area contributed by atoms with Crippen molar-refractivity contribution in [2.24, 2.45) is 16.9 Å². The van der Waals surface area contributed by atoms with Crippen LogP contribution in [0.25, 0.3) is 0 Å². The Morgan fingerprint density at radius 1 is 1.09 bits per heavy atom. The van der Waals surface area contributed by atoms with Crippen LogP contribution in [0.5, 0.6) is 0 Å². The first-order chi connectivity index (χ1) is 20.5. The fourth-order valence-electron chi connectivity index (χ4n) is 6.57. The number of aromatic nitrogens is 4. The Morgan fingerprint density at radius 3 is 2.19 bits per heavy atom. The van der Waals surface area contributed by atoms with E-state index in [-0.39, 0.29) is 23.9 Å². The number of rotatable bonds is 8. The number of amides is 3. The van der Waals surface area contributed by atoms with Crippen LogP contribution in [0.15, 0.2) is 36.4 Å². The van der Waals surface area contributed by atoms with Gasteiger partial charge in [-0.05, 0) is 94.5 Å². The van der Waals surface area contributed by atoms with E-state index in [1.807, 2.05) is 24.3 Å². The molecule has 1 saturated heterocycles. The van der Waals surface area contributed by atoms with Gasteiger partial charge in [0.2, 0.25) is 17.7 Å². The summed E-state index contributed by atoms with van der Waals surface area (Å²) >= 11 is 0. The Bertz CT molecular complexity index is 1520. The largest absolute Gasteiger partial charge is 0.366 e. The number of nitriles is 1. The number of aryl methyl sites for hydroxylation is 2. The molecule has 1 aliphatic carbocycles. The highest BCUT2D eigenvalue weighted by atomic mass is 16.2. The van der Waals surface area contributed by atoms with Crippen LogP contribution >= 0.6 is 0 Å². The summed E-state index contributed by atoms with van der Waals surface area (Å²) in [6.07, 6.45) is 3.06. The van der Waals surface area contributed by atoms with Gasteiger partial charge < -0.3 is 21.7 Å². The third kappa shape index (κ3) is 5.60. The van der Waals surface area contributed by atoms with Gasteiger partial charge in [-0.2, -0.15) is 5.26 Å². The molecule has 0 radical (unpaired) electrons. The number of carbonyl (C=O) groups excluding carboxylic acids is 3. The summed E-state index contributed by atoms with van der Waals surface area (Å²) < 4.78 is 0. The number of tetrazole rings is 1. The zero-order valence-corrected chi connectivity index (χ0v) is 24.7. The lowest BCUT2D eigenvalue weighted by Crippen LogP contribution is -2.51. The van der Waals surface area contributed by atoms with Gasteiger partial charge in [0.1, 0.15) is 6.04 Å². The molecule has 3 aromatic rings. The fraction of sp³-hybridized carbons (Fsp3) is 0.452. The Balaban J connectivity index is 1.66. The average Bonchev–Trinajstić information content (AvgIpc) is 3.66. The van der Waals surface area contributed by atoms with Gasteiger partial charge in [0.25, 0.3) is 0 Å². The van der Waals surface area contributed by atoms with E-state index in [0.29, 0.717) is 49.2 Å². The monoisotopic (exact) mass is 583 g/mol. The van der Waals surface area contributed by atoms with Gasteiger partial charge in [-0.1, -0.05) is 32.9 Å². The molecule has 3 amide bonds. The van der Waals surface area contributed by atoms with E-state index in [1.165, 1.54) is 0 Å². The maximum absolute atomic E-state index is 13.3. The van der Waals surface area contributed by atoms with Crippen LogP contribution in [0.2, 0.25) is 0 Å². The number of carbonyl (C=O) groups is 3. The predicted octanol–water partition coefficient (Wildman–Crippen LogP) is 1.74. The van der Waals surface area contributed by atoms with Crippen LogP contribution in [-0.2, 0) is 23.1 Å². The normalized spacial score (nSPS) is 18.2. The van der Waals surface area contributed by atoms with Crippen molar-refractivity contribution >= 4 is 17.7 Å². The number of hydrogen-bond donors (Lipinski definition) is 4. The number of nitrogens with zero attached hydrogens (tertiary/aromatic N) is 5. The van der Waals surface area contributed by atoms with Gasteiger partial charge in [0.15, 0.2) is 5.82 Å². The number of likely N-dealkylation sites (tertiary alicyclic amines) is 1. The van der Waals surface area contributed by atoms with Crippen molar-refractivity contribution in [3.8, 4) is 6.07 Å². The highest BCUT2D eigenvalue weighted by Crippen LogP contribution is 2.48. The van der Waals surface area contributed by atoms with E-state index in [2.05, 4.69) is 52.8 Å². The second-order valence-corrected chi connectivity index (χ2v) is 12.5. The topological polar surface area (TPSA) is 197 Å². The molecule has 2 atom stereocenters. The summed E-state index contributed by atoms with van der Waals surface area (Å²) in [5.74, 6) is -0.690. The summed E-state index contributed by atoms with van der Waals surface area (Å²) in [5.41, 5.74) is 14.4. The van der Waals surface area contributed by atoms with Crippen molar-refractivity contribution in [1.29, 1.82) is 5.26 Å². The number of H-pyrrole nitrogens is 1. The van der Waals surface area contributed by atoms with E-state index < -0.39 is 23.3 Å². The molecule has 6 N–H and O–H groups in total. The third-order valence-corrected chi connectivity index (χ3v) is 8.89. The molecule has 5 rings (SSSR count). The molecule has 0 bridgehead atoms. The van der Waals surface area contributed by atoms with E-state index in [0.717, 1.165) is 28.7 Å². The Hall–Kier alpha value is -4.63. The quantitative estimate of drug-likeness (QED) is 0.307. The van der Waals surface area contributed by atoms with Crippen molar-refractivity contribution < 1.29 is 14.4 Å². The minimum atomic E-state index is -0.964. The summed E-state index contributed by atoms with van der Waals surface area (Å²) in [6, 6.07) is 12.4. The summed E-state index contributed by atoms with van der Waals surface area (Å²) in [4.78, 5) is 39.3. The van der Waals surface area contributed by atoms with Crippen molar-refractivity contribution in [2.45, 2.75) is 70.4 Å². The molecule has 0 saturated carbocycles. The molecule has 1 unspecified atom stereocenters. The van der Waals surface area contributed by atoms with Gasteiger partial charge in [0.05, 0.1) is 18.0 Å². The zero-order chi connectivity index (χ0) is 30.9. The number of benzene rings is 2. The van der Waals surface area contributed by atoms with Gasteiger partial charge in [-0.15, -0.1) is 5.10 Å². The minimum Gasteiger partial charge on any atom is -0.366 e. The molecule has 224 valence electrons. The van der Waals surface area contributed by atoms with Crippen LogP contribution in [-0.4, -0.2) is 68.4 Å². The van der Waals surface area contributed by atoms with Gasteiger partial charge in [-0.25, -0.2) is 5.10 Å². The predicted molar refractivity (Wildman–Crippen MR) is 158 cm³/mol. The average molecular weight is 584 g/mol. The van der Waals surface area contributed by atoms with Crippen LogP contribution in [0.1, 0.15) is 88.8 Å². The van der Waals surface area contributed by atoms with Crippen LogP contribution < -0.4 is 16.8 Å². The maximum atomic E-state index is 13.3. The molecule has 2 aromatic carbocycles. The number of nitrogens with two attached hydrogens (primary N) is 2. The number of hydrogen-bond acceptors (Lipinski definition) is 8. The molecule has 1 aliphatic heterocycles. The lowest BCUT2D eigenvalue weighted by molar-refractivity contribution is -0.130. The van der Waals surface area contributed by atoms with Gasteiger partial charge in [0, 0.05) is 23.7 Å². The molecule has 43 heavy (non-hydrogen) atoms. The van der Waals surface area contributed by atoms with Gasteiger partial charge >= 0.3 is 0 Å². The maximum Gasteiger partial charge on any atom is 0.248 e. The molecule has 12 nitrogen and oxygen atoms in total. The Morgan fingerprint density at radius 2 is 1.70 bits per heavy atom. The van der Waals surface area contributed by atoms with Crippen molar-refractivity contribution in [3.05, 3.63) is 75.6 Å². The van der Waals surface area contributed by atoms with Crippen molar-refractivity contribution in [3.63, 3.8) is 0 Å². The first kappa shape index (κ1) is 29.8. The number of primary amides is 2. The third-order valence-electron chi connectivity index (χ3n) is 8.89. The van der Waals surface area contributed by atoms with E-state index >= 15 is 0 Å². The number of fused-ring (bicyclic) bond motifs is 2. The fourth-order valence-corrected chi connectivity index (χ4v) is 6.57. The minimum absolute atomic E-state index is 0.0613. The summed E-state index contributed by atoms with van der Waals surface area (Å²) in [6.45, 7) is 6.92. The second kappa shape index (κ2) is 11.6. The molecular formula is C31H37N9O3. The summed E-state index contributed by atoms with van der Waals surface area (Å²) in [7, 11) is 0. The molecule has 1 fully saturated rings.